The average molecular weight is 264 g/mol. The lowest BCUT2D eigenvalue weighted by atomic mass is 10.1. The summed E-state index contributed by atoms with van der Waals surface area (Å²) in [7, 11) is 0. The van der Waals surface area contributed by atoms with E-state index < -0.39 is 0 Å². The Morgan fingerprint density at radius 2 is 1.80 bits per heavy atom. The van der Waals surface area contributed by atoms with Crippen molar-refractivity contribution in [3.63, 3.8) is 0 Å². The SMILES string of the molecule is Cc1ccc(C)c(NC(=NC2CC2)c2ccccc2)c1. The summed E-state index contributed by atoms with van der Waals surface area (Å²) in [4.78, 5) is 4.83. The van der Waals surface area contributed by atoms with Crippen molar-refractivity contribution < 1.29 is 0 Å². The summed E-state index contributed by atoms with van der Waals surface area (Å²) >= 11 is 0. The van der Waals surface area contributed by atoms with Gasteiger partial charge in [0.05, 0.1) is 6.04 Å². The molecule has 0 aliphatic heterocycles. The molecule has 1 N–H and O–H groups in total. The Balaban J connectivity index is 1.93. The molecule has 102 valence electrons. The number of hydrogen-bond acceptors (Lipinski definition) is 1. The molecule has 0 atom stereocenters. The van der Waals surface area contributed by atoms with Gasteiger partial charge in [0.1, 0.15) is 5.84 Å². The first-order valence-electron chi connectivity index (χ1n) is 7.20. The largest absolute Gasteiger partial charge is 0.340 e. The highest BCUT2D eigenvalue weighted by Crippen LogP contribution is 2.25. The van der Waals surface area contributed by atoms with Crippen LogP contribution in [0.1, 0.15) is 29.5 Å². The third kappa shape index (κ3) is 3.08. The molecule has 2 aromatic rings. The van der Waals surface area contributed by atoms with E-state index in [4.69, 9.17) is 4.99 Å². The summed E-state index contributed by atoms with van der Waals surface area (Å²) in [6, 6.07) is 17.3. The first-order chi connectivity index (χ1) is 9.72. The van der Waals surface area contributed by atoms with E-state index in [2.05, 4.69) is 61.6 Å². The third-order valence-corrected chi connectivity index (χ3v) is 3.55. The van der Waals surface area contributed by atoms with Gasteiger partial charge in [0.25, 0.3) is 0 Å². The molecule has 1 aliphatic carbocycles. The Labute approximate surface area is 120 Å². The minimum Gasteiger partial charge on any atom is -0.340 e. The monoisotopic (exact) mass is 264 g/mol. The maximum atomic E-state index is 4.83. The maximum absolute atomic E-state index is 4.83. The van der Waals surface area contributed by atoms with Gasteiger partial charge in [-0.05, 0) is 43.9 Å². The molecule has 0 aromatic heterocycles. The number of aryl methyl sites for hydroxylation is 2. The van der Waals surface area contributed by atoms with Gasteiger partial charge in [0.15, 0.2) is 0 Å². The summed E-state index contributed by atoms with van der Waals surface area (Å²) in [5.74, 6) is 0.988. The van der Waals surface area contributed by atoms with Crippen LogP contribution < -0.4 is 5.32 Å². The van der Waals surface area contributed by atoms with Crippen LogP contribution in [0.15, 0.2) is 53.5 Å². The van der Waals surface area contributed by atoms with Gasteiger partial charge >= 0.3 is 0 Å². The topological polar surface area (TPSA) is 24.4 Å². The molecule has 20 heavy (non-hydrogen) atoms. The van der Waals surface area contributed by atoms with Crippen LogP contribution in [-0.4, -0.2) is 11.9 Å². The number of nitrogens with one attached hydrogen (secondary N) is 1. The van der Waals surface area contributed by atoms with Crippen molar-refractivity contribution in [2.24, 2.45) is 4.99 Å². The predicted molar refractivity (Wildman–Crippen MR) is 85.5 cm³/mol. The number of benzene rings is 2. The van der Waals surface area contributed by atoms with Crippen molar-refractivity contribution >= 4 is 11.5 Å². The summed E-state index contributed by atoms with van der Waals surface area (Å²) in [5.41, 5.74) is 4.81. The average Bonchev–Trinajstić information content (AvgIpc) is 3.27. The van der Waals surface area contributed by atoms with E-state index in [0.29, 0.717) is 6.04 Å². The van der Waals surface area contributed by atoms with E-state index in [1.54, 1.807) is 0 Å². The minimum absolute atomic E-state index is 0.503. The van der Waals surface area contributed by atoms with Crippen molar-refractivity contribution in [2.45, 2.75) is 32.7 Å². The van der Waals surface area contributed by atoms with Crippen LogP contribution in [0.25, 0.3) is 0 Å². The van der Waals surface area contributed by atoms with Crippen LogP contribution in [0.5, 0.6) is 0 Å². The molecular formula is C18H20N2. The van der Waals surface area contributed by atoms with Crippen LogP contribution in [0, 0.1) is 13.8 Å². The van der Waals surface area contributed by atoms with Crippen LogP contribution in [0.2, 0.25) is 0 Å². The van der Waals surface area contributed by atoms with E-state index in [1.807, 2.05) is 6.07 Å². The van der Waals surface area contributed by atoms with E-state index >= 15 is 0 Å². The van der Waals surface area contributed by atoms with Crippen molar-refractivity contribution in [3.8, 4) is 0 Å². The molecule has 2 heteroatoms. The zero-order valence-corrected chi connectivity index (χ0v) is 12.1. The molecule has 1 aliphatic rings. The zero-order valence-electron chi connectivity index (χ0n) is 12.1. The molecule has 0 spiro atoms. The lowest BCUT2D eigenvalue weighted by molar-refractivity contribution is 1.06. The number of aliphatic imine (C=N–C) groups is 1. The maximum Gasteiger partial charge on any atom is 0.133 e. The van der Waals surface area contributed by atoms with Gasteiger partial charge in [-0.25, -0.2) is 0 Å². The molecule has 0 unspecified atom stereocenters. The first kappa shape index (κ1) is 12.9. The third-order valence-electron chi connectivity index (χ3n) is 3.55. The molecule has 0 bridgehead atoms. The first-order valence-corrected chi connectivity index (χ1v) is 7.20. The molecule has 0 saturated heterocycles. The number of amidine groups is 1. The van der Waals surface area contributed by atoms with E-state index in [1.165, 1.54) is 24.0 Å². The highest BCUT2D eigenvalue weighted by molar-refractivity contribution is 6.08. The van der Waals surface area contributed by atoms with Crippen LogP contribution in [-0.2, 0) is 0 Å². The van der Waals surface area contributed by atoms with E-state index in [-0.39, 0.29) is 0 Å². The standard InChI is InChI=1S/C18H20N2/c1-13-8-9-14(2)17(12-13)20-18(19-16-10-11-16)15-6-4-3-5-7-15/h3-9,12,16H,10-11H2,1-2H3,(H,19,20). The van der Waals surface area contributed by atoms with Gasteiger partial charge in [-0.15, -0.1) is 0 Å². The summed E-state index contributed by atoms with van der Waals surface area (Å²) in [5, 5.41) is 3.53. The van der Waals surface area contributed by atoms with Gasteiger partial charge < -0.3 is 5.32 Å². The lowest BCUT2D eigenvalue weighted by Gasteiger charge is -2.13. The zero-order chi connectivity index (χ0) is 13.9. The highest BCUT2D eigenvalue weighted by Gasteiger charge is 2.21. The molecule has 2 aromatic carbocycles. The Morgan fingerprint density at radius 3 is 2.50 bits per heavy atom. The molecule has 1 fully saturated rings. The normalized spacial score (nSPS) is 15.2. The second-order valence-electron chi connectivity index (χ2n) is 5.52. The quantitative estimate of drug-likeness (QED) is 0.648. The van der Waals surface area contributed by atoms with Gasteiger partial charge in [-0.1, -0.05) is 42.5 Å². The van der Waals surface area contributed by atoms with Crippen LogP contribution >= 0.6 is 0 Å². The van der Waals surface area contributed by atoms with Crippen molar-refractivity contribution in [1.82, 2.24) is 0 Å². The van der Waals surface area contributed by atoms with Gasteiger partial charge in [-0.3, -0.25) is 4.99 Å². The fourth-order valence-corrected chi connectivity index (χ4v) is 2.16. The van der Waals surface area contributed by atoms with Gasteiger partial charge in [-0.2, -0.15) is 0 Å². The Bertz CT molecular complexity index is 625. The van der Waals surface area contributed by atoms with Gasteiger partial charge in [0.2, 0.25) is 0 Å². The number of nitrogens with zero attached hydrogens (tertiary/aromatic N) is 1. The Hall–Kier alpha value is -2.09. The predicted octanol–water partition coefficient (Wildman–Crippen LogP) is 4.32. The smallest absolute Gasteiger partial charge is 0.133 e. The molecule has 0 heterocycles. The molecule has 3 rings (SSSR count). The van der Waals surface area contributed by atoms with E-state index in [9.17, 15) is 0 Å². The highest BCUT2D eigenvalue weighted by atomic mass is 15.0. The second-order valence-corrected chi connectivity index (χ2v) is 5.52. The lowest BCUT2D eigenvalue weighted by Crippen LogP contribution is -2.15. The van der Waals surface area contributed by atoms with Gasteiger partial charge in [0, 0.05) is 11.3 Å². The molecule has 1 saturated carbocycles. The molecule has 0 radical (unpaired) electrons. The number of hydrogen-bond donors (Lipinski definition) is 1. The number of rotatable bonds is 3. The Kier molecular flexibility index (Phi) is 3.55. The van der Waals surface area contributed by atoms with Crippen molar-refractivity contribution in [3.05, 3.63) is 65.2 Å². The fourth-order valence-electron chi connectivity index (χ4n) is 2.16. The van der Waals surface area contributed by atoms with E-state index in [0.717, 1.165) is 17.1 Å². The minimum atomic E-state index is 0.503. The van der Waals surface area contributed by atoms with Crippen LogP contribution in [0.4, 0.5) is 5.69 Å². The summed E-state index contributed by atoms with van der Waals surface area (Å²) in [6.45, 7) is 4.24. The summed E-state index contributed by atoms with van der Waals surface area (Å²) in [6.07, 6.45) is 2.43. The molecule has 2 nitrogen and oxygen atoms in total. The summed E-state index contributed by atoms with van der Waals surface area (Å²) < 4.78 is 0. The van der Waals surface area contributed by atoms with Crippen molar-refractivity contribution in [1.29, 1.82) is 0 Å². The second kappa shape index (κ2) is 5.49. The molecular weight excluding hydrogens is 244 g/mol. The Morgan fingerprint density at radius 1 is 1.05 bits per heavy atom. The van der Waals surface area contributed by atoms with Crippen molar-refractivity contribution in [2.75, 3.05) is 5.32 Å². The number of anilines is 1. The fraction of sp³-hybridized carbons (Fsp3) is 0.278. The van der Waals surface area contributed by atoms with Crippen LogP contribution in [0.3, 0.4) is 0 Å². The molecule has 0 amide bonds.